The number of hydrogen-bond donors (Lipinski definition) is 1. The second-order valence-corrected chi connectivity index (χ2v) is 7.12. The highest BCUT2D eigenvalue weighted by atomic mass is 35.5. The third-order valence-electron chi connectivity index (χ3n) is 4.54. The molecule has 0 atom stereocenters. The summed E-state index contributed by atoms with van der Waals surface area (Å²) in [6, 6.07) is 13.5. The number of esters is 1. The Morgan fingerprint density at radius 3 is 2.32 bits per heavy atom. The van der Waals surface area contributed by atoms with Gasteiger partial charge in [-0.3, -0.25) is 14.5 Å². The lowest BCUT2D eigenvalue weighted by Crippen LogP contribution is -2.24. The maximum absolute atomic E-state index is 13.3. The zero-order chi connectivity index (χ0) is 22.5. The van der Waals surface area contributed by atoms with Crippen LogP contribution in [-0.2, 0) is 19.1 Å². The minimum Gasteiger partial charge on any atom is -0.484 e. The second-order valence-electron chi connectivity index (χ2n) is 6.68. The highest BCUT2D eigenvalue weighted by molar-refractivity contribution is 6.30. The van der Waals surface area contributed by atoms with Crippen molar-refractivity contribution in [2.75, 3.05) is 18.1 Å². The summed E-state index contributed by atoms with van der Waals surface area (Å²) in [4.78, 5) is 38.2. The van der Waals surface area contributed by atoms with E-state index in [1.54, 1.807) is 68.5 Å². The number of rotatable bonds is 7. The molecule has 0 aromatic heterocycles. The monoisotopic (exact) mass is 440 g/mol. The van der Waals surface area contributed by atoms with Crippen LogP contribution < -0.4 is 15.4 Å². The van der Waals surface area contributed by atoms with E-state index < -0.39 is 11.9 Å². The number of carbonyl (C=O) groups excluding carboxylic acids is 3. The fourth-order valence-electron chi connectivity index (χ4n) is 3.16. The van der Waals surface area contributed by atoms with Gasteiger partial charge in [-0.2, -0.15) is 0 Å². The highest BCUT2D eigenvalue weighted by Gasteiger charge is 2.38. The average molecular weight is 441 g/mol. The second kappa shape index (κ2) is 9.49. The molecule has 0 spiro atoms. The van der Waals surface area contributed by atoms with Crippen molar-refractivity contribution in [2.45, 2.75) is 13.8 Å². The molecule has 7 nitrogen and oxygen atoms in total. The molecule has 160 valence electrons. The molecule has 2 aromatic carbocycles. The number of benzene rings is 2. The number of carbonyl (C=O) groups is 3. The summed E-state index contributed by atoms with van der Waals surface area (Å²) < 4.78 is 10.4. The summed E-state index contributed by atoms with van der Waals surface area (Å²) in [5.74, 6) is -1.04. The summed E-state index contributed by atoms with van der Waals surface area (Å²) in [6.45, 7) is 3.35. The molecular weight excluding hydrogens is 420 g/mol. The molecule has 0 saturated carbocycles. The molecule has 1 heterocycles. The van der Waals surface area contributed by atoms with Gasteiger partial charge in [0.05, 0.1) is 17.8 Å². The fourth-order valence-corrected chi connectivity index (χ4v) is 3.29. The van der Waals surface area contributed by atoms with Crippen molar-refractivity contribution in [3.8, 4) is 5.75 Å². The molecule has 31 heavy (non-hydrogen) atoms. The number of ether oxygens (including phenoxy) is 2. The number of hydrogen-bond acceptors (Lipinski definition) is 5. The molecule has 0 fully saturated rings. The molecule has 0 aliphatic carbocycles. The van der Waals surface area contributed by atoms with E-state index in [1.165, 1.54) is 4.90 Å². The molecule has 8 heteroatoms. The van der Waals surface area contributed by atoms with Crippen LogP contribution in [0, 0.1) is 0 Å². The number of amides is 2. The molecule has 0 unspecified atom stereocenters. The van der Waals surface area contributed by atoms with Gasteiger partial charge in [0.25, 0.3) is 11.8 Å². The predicted molar refractivity (Wildman–Crippen MR) is 117 cm³/mol. The van der Waals surface area contributed by atoms with E-state index in [0.717, 1.165) is 0 Å². The number of primary amides is 1. The number of halogens is 1. The van der Waals surface area contributed by atoms with E-state index in [0.29, 0.717) is 27.7 Å². The van der Waals surface area contributed by atoms with Gasteiger partial charge in [0, 0.05) is 16.4 Å². The molecule has 2 N–H and O–H groups in total. The van der Waals surface area contributed by atoms with E-state index >= 15 is 0 Å². The zero-order valence-corrected chi connectivity index (χ0v) is 17.8. The first-order valence-electron chi connectivity index (χ1n) is 9.53. The quantitative estimate of drug-likeness (QED) is 0.525. The lowest BCUT2D eigenvalue weighted by molar-refractivity contribution is -0.138. The molecule has 2 amide bonds. The van der Waals surface area contributed by atoms with Gasteiger partial charge < -0.3 is 15.2 Å². The van der Waals surface area contributed by atoms with E-state index in [2.05, 4.69) is 0 Å². The molecule has 0 radical (unpaired) electrons. The third-order valence-corrected chi connectivity index (χ3v) is 4.79. The Balaban J connectivity index is 1.98. The molecule has 1 aliphatic heterocycles. The maximum atomic E-state index is 13.3. The number of nitrogens with zero attached hydrogens (tertiary/aromatic N) is 1. The minimum atomic E-state index is -0.579. The molecule has 3 rings (SSSR count). The first-order valence-corrected chi connectivity index (χ1v) is 9.91. The van der Waals surface area contributed by atoms with Crippen molar-refractivity contribution >= 4 is 41.1 Å². The largest absolute Gasteiger partial charge is 0.484 e. The van der Waals surface area contributed by atoms with Crippen molar-refractivity contribution in [1.29, 1.82) is 0 Å². The van der Waals surface area contributed by atoms with Crippen LogP contribution >= 0.6 is 11.6 Å². The van der Waals surface area contributed by atoms with Gasteiger partial charge >= 0.3 is 5.97 Å². The summed E-state index contributed by atoms with van der Waals surface area (Å²) in [7, 11) is 0. The predicted octanol–water partition coefficient (Wildman–Crippen LogP) is 3.47. The maximum Gasteiger partial charge on any atom is 0.340 e. The van der Waals surface area contributed by atoms with E-state index in [-0.39, 0.29) is 30.3 Å². The van der Waals surface area contributed by atoms with Gasteiger partial charge in [-0.05, 0) is 61.9 Å². The SMILES string of the molecule is CCOC(=O)C1=C(C)N(c2ccc(Cl)cc2)C(=O)/C1=C\c1ccc(OCC(N)=O)cc1. The van der Waals surface area contributed by atoms with Crippen molar-refractivity contribution in [1.82, 2.24) is 0 Å². The standard InChI is InChI=1S/C23H21ClN2O5/c1-3-30-23(29)21-14(2)26(17-8-6-16(24)7-9-17)22(28)19(21)12-15-4-10-18(11-5-15)31-13-20(25)27/h4-12H,3,13H2,1-2H3,(H2,25,27)/b19-12-. The fraction of sp³-hybridized carbons (Fsp3) is 0.174. The van der Waals surface area contributed by atoms with Crippen molar-refractivity contribution < 1.29 is 23.9 Å². The lowest BCUT2D eigenvalue weighted by atomic mass is 10.0. The minimum absolute atomic E-state index is 0.184. The van der Waals surface area contributed by atoms with Crippen LogP contribution in [0.3, 0.4) is 0 Å². The van der Waals surface area contributed by atoms with Crippen molar-refractivity contribution in [3.05, 3.63) is 76.0 Å². The molecule has 2 aromatic rings. The van der Waals surface area contributed by atoms with E-state index in [4.69, 9.17) is 26.8 Å². The van der Waals surface area contributed by atoms with Crippen LogP contribution in [0.2, 0.25) is 5.02 Å². The summed E-state index contributed by atoms with van der Waals surface area (Å²) in [6.07, 6.45) is 1.62. The Kier molecular flexibility index (Phi) is 6.77. The van der Waals surface area contributed by atoms with Gasteiger partial charge in [0.15, 0.2) is 6.61 Å². The van der Waals surface area contributed by atoms with E-state index in [9.17, 15) is 14.4 Å². The topological polar surface area (TPSA) is 98.9 Å². The smallest absolute Gasteiger partial charge is 0.340 e. The van der Waals surface area contributed by atoms with Crippen LogP contribution in [-0.4, -0.2) is 31.0 Å². The third kappa shape index (κ3) is 4.95. The number of nitrogens with two attached hydrogens (primary N) is 1. The van der Waals surface area contributed by atoms with Crippen molar-refractivity contribution in [3.63, 3.8) is 0 Å². The van der Waals surface area contributed by atoms with Crippen LogP contribution in [0.4, 0.5) is 5.69 Å². The van der Waals surface area contributed by atoms with Gasteiger partial charge in [-0.1, -0.05) is 23.7 Å². The van der Waals surface area contributed by atoms with Gasteiger partial charge in [0.2, 0.25) is 0 Å². The Morgan fingerprint density at radius 2 is 1.74 bits per heavy atom. The molecular formula is C23H21ClN2O5. The first kappa shape index (κ1) is 22.1. The summed E-state index contributed by atoms with van der Waals surface area (Å²) >= 11 is 5.96. The summed E-state index contributed by atoms with van der Waals surface area (Å²) in [5, 5.41) is 0.539. The van der Waals surface area contributed by atoms with Crippen LogP contribution in [0.5, 0.6) is 5.75 Å². The summed E-state index contributed by atoms with van der Waals surface area (Å²) in [5.41, 5.74) is 7.23. The normalized spacial score (nSPS) is 14.9. The highest BCUT2D eigenvalue weighted by Crippen LogP contribution is 2.36. The number of anilines is 1. The molecule has 0 bridgehead atoms. The Labute approximate surface area is 184 Å². The molecule has 0 saturated heterocycles. The molecule has 1 aliphatic rings. The number of allylic oxidation sites excluding steroid dienone is 1. The zero-order valence-electron chi connectivity index (χ0n) is 17.1. The first-order chi connectivity index (χ1) is 14.8. The average Bonchev–Trinajstić information content (AvgIpc) is 2.98. The van der Waals surface area contributed by atoms with Gasteiger partial charge in [0.1, 0.15) is 5.75 Å². The van der Waals surface area contributed by atoms with E-state index in [1.807, 2.05) is 0 Å². The van der Waals surface area contributed by atoms with Crippen molar-refractivity contribution in [2.24, 2.45) is 5.73 Å². The van der Waals surface area contributed by atoms with Crippen LogP contribution in [0.1, 0.15) is 19.4 Å². The Bertz CT molecular complexity index is 1070. The van der Waals surface area contributed by atoms with Gasteiger partial charge in [-0.25, -0.2) is 4.79 Å². The van der Waals surface area contributed by atoms with Crippen LogP contribution in [0.15, 0.2) is 65.4 Å². The lowest BCUT2D eigenvalue weighted by Gasteiger charge is -2.18. The van der Waals surface area contributed by atoms with Crippen LogP contribution in [0.25, 0.3) is 6.08 Å². The Hall–Kier alpha value is -3.58. The Morgan fingerprint density at radius 1 is 1.10 bits per heavy atom. The van der Waals surface area contributed by atoms with Gasteiger partial charge in [-0.15, -0.1) is 0 Å².